The summed E-state index contributed by atoms with van der Waals surface area (Å²) in [5.41, 5.74) is 0.756. The molecule has 1 heterocycles. The van der Waals surface area contributed by atoms with Crippen molar-refractivity contribution < 1.29 is 9.90 Å². The molecule has 0 aliphatic rings. The molecule has 0 radical (unpaired) electrons. The maximum Gasteiger partial charge on any atom is 0.356 e. The summed E-state index contributed by atoms with van der Waals surface area (Å²) >= 11 is 0. The van der Waals surface area contributed by atoms with Gasteiger partial charge in [0.15, 0.2) is 5.69 Å². The molecule has 1 aromatic heterocycles. The first-order chi connectivity index (χ1) is 7.84. The van der Waals surface area contributed by atoms with Crippen molar-refractivity contribution in [3.8, 4) is 0 Å². The van der Waals surface area contributed by atoms with E-state index in [9.17, 15) is 4.79 Å². The number of carboxylic acid groups (broad SMARTS) is 1. The van der Waals surface area contributed by atoms with E-state index >= 15 is 0 Å². The van der Waals surface area contributed by atoms with E-state index in [1.807, 2.05) is 0 Å². The zero-order chi connectivity index (χ0) is 13.1. The van der Waals surface area contributed by atoms with E-state index in [4.69, 9.17) is 5.11 Å². The molecule has 0 spiro atoms. The van der Waals surface area contributed by atoms with E-state index in [0.717, 1.165) is 6.54 Å². The molecule has 0 aliphatic carbocycles. The molecule has 0 fully saturated rings. The molecule has 1 aromatic rings. The van der Waals surface area contributed by atoms with Gasteiger partial charge in [-0.3, -0.25) is 0 Å². The van der Waals surface area contributed by atoms with Crippen LogP contribution >= 0.6 is 0 Å². The molecule has 94 valence electrons. The van der Waals surface area contributed by atoms with Crippen LogP contribution in [-0.2, 0) is 0 Å². The lowest BCUT2D eigenvalue weighted by molar-refractivity contribution is 0.0691. The van der Waals surface area contributed by atoms with Gasteiger partial charge in [-0.1, -0.05) is 27.7 Å². The Bertz CT molecular complexity index is 400. The SMILES string of the molecule is CC(C)C(C)(C)CNc1cccnc1C(=O)O. The Morgan fingerprint density at radius 3 is 2.71 bits per heavy atom. The molecule has 0 aromatic carbocycles. The molecule has 0 unspecified atom stereocenters. The van der Waals surface area contributed by atoms with Gasteiger partial charge in [0.25, 0.3) is 0 Å². The lowest BCUT2D eigenvalue weighted by Crippen LogP contribution is -2.29. The summed E-state index contributed by atoms with van der Waals surface area (Å²) in [6, 6.07) is 3.48. The van der Waals surface area contributed by atoms with E-state index in [0.29, 0.717) is 11.6 Å². The summed E-state index contributed by atoms with van der Waals surface area (Å²) in [5, 5.41) is 12.2. The number of hydrogen-bond donors (Lipinski definition) is 2. The number of hydrogen-bond acceptors (Lipinski definition) is 3. The number of aromatic nitrogens is 1. The molecule has 0 bridgehead atoms. The van der Waals surface area contributed by atoms with Crippen LogP contribution in [0.25, 0.3) is 0 Å². The zero-order valence-corrected chi connectivity index (χ0v) is 10.8. The first-order valence-corrected chi connectivity index (χ1v) is 5.77. The van der Waals surface area contributed by atoms with Crippen molar-refractivity contribution in [2.45, 2.75) is 27.7 Å². The number of anilines is 1. The fourth-order valence-electron chi connectivity index (χ4n) is 1.25. The maximum absolute atomic E-state index is 11.0. The van der Waals surface area contributed by atoms with Gasteiger partial charge < -0.3 is 10.4 Å². The van der Waals surface area contributed by atoms with E-state index < -0.39 is 5.97 Å². The van der Waals surface area contributed by atoms with Gasteiger partial charge in [-0.25, -0.2) is 9.78 Å². The second kappa shape index (κ2) is 5.17. The lowest BCUT2D eigenvalue weighted by atomic mass is 9.81. The van der Waals surface area contributed by atoms with Gasteiger partial charge in [0.2, 0.25) is 0 Å². The molecule has 4 nitrogen and oxygen atoms in total. The average Bonchev–Trinajstić information content (AvgIpc) is 2.26. The van der Waals surface area contributed by atoms with Crippen LogP contribution in [0.3, 0.4) is 0 Å². The van der Waals surface area contributed by atoms with E-state index in [1.165, 1.54) is 6.20 Å². The van der Waals surface area contributed by atoms with Crippen LogP contribution in [0.5, 0.6) is 0 Å². The monoisotopic (exact) mass is 236 g/mol. The first-order valence-electron chi connectivity index (χ1n) is 5.77. The Labute approximate surface area is 102 Å². The normalized spacial score (nSPS) is 11.6. The molecule has 4 heteroatoms. The number of aromatic carboxylic acids is 1. The molecular weight excluding hydrogens is 216 g/mol. The van der Waals surface area contributed by atoms with Crippen LogP contribution in [0.4, 0.5) is 5.69 Å². The molecule has 0 amide bonds. The standard InChI is InChI=1S/C13H20N2O2/c1-9(2)13(3,4)8-15-10-6-5-7-14-11(10)12(16)17/h5-7,9,15H,8H2,1-4H3,(H,16,17). The first kappa shape index (κ1) is 13.5. The maximum atomic E-state index is 11.0. The molecule has 1 rings (SSSR count). The fourth-order valence-corrected chi connectivity index (χ4v) is 1.25. The van der Waals surface area contributed by atoms with Crippen LogP contribution < -0.4 is 5.32 Å². The van der Waals surface area contributed by atoms with Crippen molar-refractivity contribution in [2.24, 2.45) is 11.3 Å². The Morgan fingerprint density at radius 2 is 2.18 bits per heavy atom. The Hall–Kier alpha value is -1.58. The highest BCUT2D eigenvalue weighted by atomic mass is 16.4. The predicted octanol–water partition coefficient (Wildman–Crippen LogP) is 2.87. The fraction of sp³-hybridized carbons (Fsp3) is 0.538. The Kier molecular flexibility index (Phi) is 4.10. The van der Waals surface area contributed by atoms with Crippen molar-refractivity contribution in [3.63, 3.8) is 0 Å². The minimum absolute atomic E-state index is 0.0760. The molecule has 0 saturated heterocycles. The van der Waals surface area contributed by atoms with Crippen molar-refractivity contribution >= 4 is 11.7 Å². The van der Waals surface area contributed by atoms with Crippen molar-refractivity contribution in [2.75, 3.05) is 11.9 Å². The third-order valence-electron chi connectivity index (χ3n) is 3.31. The van der Waals surface area contributed by atoms with Crippen molar-refractivity contribution in [1.82, 2.24) is 4.98 Å². The largest absolute Gasteiger partial charge is 0.476 e. The van der Waals surface area contributed by atoms with E-state index in [1.54, 1.807) is 12.1 Å². The van der Waals surface area contributed by atoms with Crippen LogP contribution in [-0.4, -0.2) is 22.6 Å². The number of carbonyl (C=O) groups is 1. The summed E-state index contributed by atoms with van der Waals surface area (Å²) in [6.45, 7) is 9.34. The number of carboxylic acids is 1. The lowest BCUT2D eigenvalue weighted by Gasteiger charge is -2.30. The smallest absolute Gasteiger partial charge is 0.356 e. The molecular formula is C13H20N2O2. The predicted molar refractivity (Wildman–Crippen MR) is 68.3 cm³/mol. The van der Waals surface area contributed by atoms with Gasteiger partial charge in [-0.2, -0.15) is 0 Å². The van der Waals surface area contributed by atoms with Crippen LogP contribution in [0.15, 0.2) is 18.3 Å². The number of rotatable bonds is 5. The summed E-state index contributed by atoms with van der Waals surface area (Å²) < 4.78 is 0. The molecule has 0 atom stereocenters. The highest BCUT2D eigenvalue weighted by Crippen LogP contribution is 2.26. The molecule has 0 saturated carbocycles. The summed E-state index contributed by atoms with van der Waals surface area (Å²) in [6.07, 6.45) is 1.49. The van der Waals surface area contributed by atoms with Crippen molar-refractivity contribution in [1.29, 1.82) is 0 Å². The third-order valence-corrected chi connectivity index (χ3v) is 3.31. The third kappa shape index (κ3) is 3.44. The molecule has 0 aliphatic heterocycles. The van der Waals surface area contributed by atoms with Gasteiger partial charge in [0.1, 0.15) is 0 Å². The highest BCUT2D eigenvalue weighted by Gasteiger charge is 2.22. The number of nitrogens with one attached hydrogen (secondary N) is 1. The summed E-state index contributed by atoms with van der Waals surface area (Å²) in [4.78, 5) is 14.8. The van der Waals surface area contributed by atoms with Crippen LogP contribution in [0.2, 0.25) is 0 Å². The van der Waals surface area contributed by atoms with Gasteiger partial charge in [0, 0.05) is 12.7 Å². The minimum atomic E-state index is -1.00. The van der Waals surface area contributed by atoms with Crippen molar-refractivity contribution in [3.05, 3.63) is 24.0 Å². The Balaban J connectivity index is 2.79. The Morgan fingerprint density at radius 1 is 1.53 bits per heavy atom. The number of pyridine rings is 1. The second-order valence-corrected chi connectivity index (χ2v) is 5.20. The average molecular weight is 236 g/mol. The van der Waals surface area contributed by atoms with Crippen LogP contribution in [0, 0.1) is 11.3 Å². The summed E-state index contributed by atoms with van der Waals surface area (Å²) in [7, 11) is 0. The molecule has 2 N–H and O–H groups in total. The van der Waals surface area contributed by atoms with Gasteiger partial charge >= 0.3 is 5.97 Å². The quantitative estimate of drug-likeness (QED) is 0.825. The van der Waals surface area contributed by atoms with E-state index in [-0.39, 0.29) is 11.1 Å². The zero-order valence-electron chi connectivity index (χ0n) is 10.8. The van der Waals surface area contributed by atoms with Crippen LogP contribution in [0.1, 0.15) is 38.2 Å². The van der Waals surface area contributed by atoms with E-state index in [2.05, 4.69) is 38.0 Å². The molecule has 17 heavy (non-hydrogen) atoms. The minimum Gasteiger partial charge on any atom is -0.476 e. The van der Waals surface area contributed by atoms with Gasteiger partial charge in [-0.05, 0) is 23.5 Å². The number of nitrogens with zero attached hydrogens (tertiary/aromatic N) is 1. The van der Waals surface area contributed by atoms with Gasteiger partial charge in [0.05, 0.1) is 5.69 Å². The topological polar surface area (TPSA) is 62.2 Å². The second-order valence-electron chi connectivity index (χ2n) is 5.20. The van der Waals surface area contributed by atoms with Gasteiger partial charge in [-0.15, -0.1) is 0 Å². The summed E-state index contributed by atoms with van der Waals surface area (Å²) in [5.74, 6) is -0.490. The highest BCUT2D eigenvalue weighted by molar-refractivity contribution is 5.91.